The molecule has 1 amide bonds. The third kappa shape index (κ3) is 5.48. The van der Waals surface area contributed by atoms with Crippen molar-refractivity contribution in [2.24, 2.45) is 0 Å². The number of methoxy groups -OCH3 is 1. The summed E-state index contributed by atoms with van der Waals surface area (Å²) in [4.78, 5) is 15.7. The number of para-hydroxylation sites is 1. The molecular weight excluding hydrogens is 371 g/mol. The molecule has 29 heavy (non-hydrogen) atoms. The van der Waals surface area contributed by atoms with E-state index in [9.17, 15) is 9.18 Å². The van der Waals surface area contributed by atoms with E-state index >= 15 is 0 Å². The van der Waals surface area contributed by atoms with E-state index in [-0.39, 0.29) is 18.3 Å². The molecule has 2 aromatic carbocycles. The van der Waals surface area contributed by atoms with Crippen molar-refractivity contribution < 1.29 is 23.6 Å². The first kappa shape index (κ1) is 21.1. The second-order valence-corrected chi connectivity index (χ2v) is 7.74. The van der Waals surface area contributed by atoms with Crippen LogP contribution in [0.1, 0.15) is 30.9 Å². The molecule has 1 saturated heterocycles. The van der Waals surface area contributed by atoms with Gasteiger partial charge in [-0.3, -0.25) is 4.79 Å². The third-order valence-corrected chi connectivity index (χ3v) is 5.40. The lowest BCUT2D eigenvalue weighted by molar-refractivity contribution is -0.917. The zero-order chi connectivity index (χ0) is 20.8. The van der Waals surface area contributed by atoms with Gasteiger partial charge in [0.15, 0.2) is 6.61 Å². The number of nitrogens with one attached hydrogen (secondary N) is 1. The standard InChI is InChI=1S/C23H29FN2O3/c1-17(2)20-6-4-5-7-22(20)29-16-23(27)26-12-10-25(11-13-26)15-18-14-19(24)8-9-21(18)28-3/h4-9,14,17H,10-13,15-16H2,1-3H3/p+1. The Hall–Kier alpha value is -2.60. The van der Waals surface area contributed by atoms with Crippen molar-refractivity contribution in [3.8, 4) is 11.5 Å². The molecule has 1 aliphatic rings. The van der Waals surface area contributed by atoms with Crippen LogP contribution in [0.3, 0.4) is 0 Å². The highest BCUT2D eigenvalue weighted by molar-refractivity contribution is 5.77. The predicted molar refractivity (Wildman–Crippen MR) is 110 cm³/mol. The van der Waals surface area contributed by atoms with Crippen LogP contribution in [-0.4, -0.2) is 50.7 Å². The number of hydrogen-bond donors (Lipinski definition) is 1. The largest absolute Gasteiger partial charge is 0.496 e. The number of amides is 1. The minimum Gasteiger partial charge on any atom is -0.496 e. The number of nitrogens with zero attached hydrogens (tertiary/aromatic N) is 1. The minimum absolute atomic E-state index is 0.00550. The Morgan fingerprint density at radius 3 is 2.55 bits per heavy atom. The van der Waals surface area contributed by atoms with Crippen LogP contribution < -0.4 is 14.4 Å². The lowest BCUT2D eigenvalue weighted by atomic mass is 10.0. The third-order valence-electron chi connectivity index (χ3n) is 5.40. The van der Waals surface area contributed by atoms with Gasteiger partial charge in [-0.2, -0.15) is 0 Å². The van der Waals surface area contributed by atoms with Gasteiger partial charge in [-0.1, -0.05) is 32.0 Å². The van der Waals surface area contributed by atoms with Gasteiger partial charge in [0, 0.05) is 0 Å². The topological polar surface area (TPSA) is 43.2 Å². The van der Waals surface area contributed by atoms with E-state index in [4.69, 9.17) is 9.47 Å². The van der Waals surface area contributed by atoms with Gasteiger partial charge < -0.3 is 19.3 Å². The molecule has 0 atom stereocenters. The first-order valence-electron chi connectivity index (χ1n) is 10.1. The smallest absolute Gasteiger partial charge is 0.260 e. The summed E-state index contributed by atoms with van der Waals surface area (Å²) < 4.78 is 24.7. The van der Waals surface area contributed by atoms with Crippen molar-refractivity contribution in [3.05, 3.63) is 59.4 Å². The molecule has 156 valence electrons. The number of benzene rings is 2. The average Bonchev–Trinajstić information content (AvgIpc) is 2.73. The van der Waals surface area contributed by atoms with E-state index in [2.05, 4.69) is 13.8 Å². The van der Waals surface area contributed by atoms with Crippen molar-refractivity contribution in [3.63, 3.8) is 0 Å². The number of hydrogen-bond acceptors (Lipinski definition) is 3. The molecule has 3 rings (SSSR count). The normalized spacial score (nSPS) is 14.9. The van der Waals surface area contributed by atoms with Crippen LogP contribution in [0, 0.1) is 5.82 Å². The monoisotopic (exact) mass is 401 g/mol. The molecule has 1 fully saturated rings. The number of halogens is 1. The Balaban J connectivity index is 1.51. The maximum absolute atomic E-state index is 13.6. The molecule has 0 spiro atoms. The highest BCUT2D eigenvalue weighted by atomic mass is 19.1. The van der Waals surface area contributed by atoms with Crippen molar-refractivity contribution >= 4 is 5.91 Å². The van der Waals surface area contributed by atoms with Crippen molar-refractivity contribution in [2.45, 2.75) is 26.3 Å². The van der Waals surface area contributed by atoms with E-state index in [0.717, 1.165) is 30.0 Å². The highest BCUT2D eigenvalue weighted by Crippen LogP contribution is 2.25. The van der Waals surface area contributed by atoms with Crippen LogP contribution in [0.4, 0.5) is 4.39 Å². The number of rotatable bonds is 7. The SMILES string of the molecule is COc1ccc(F)cc1C[NH+]1CCN(C(=O)COc2ccccc2C(C)C)CC1. The Morgan fingerprint density at radius 1 is 1.14 bits per heavy atom. The summed E-state index contributed by atoms with van der Waals surface area (Å²) in [5.74, 6) is 1.57. The maximum atomic E-state index is 13.6. The Labute approximate surface area is 172 Å². The van der Waals surface area contributed by atoms with Gasteiger partial charge in [-0.25, -0.2) is 4.39 Å². The van der Waals surface area contributed by atoms with E-state index in [0.29, 0.717) is 31.3 Å². The molecule has 1 aliphatic heterocycles. The number of ether oxygens (including phenoxy) is 2. The first-order chi connectivity index (χ1) is 14.0. The van der Waals surface area contributed by atoms with Crippen LogP contribution in [0.25, 0.3) is 0 Å². The van der Waals surface area contributed by atoms with Crippen LogP contribution in [0.2, 0.25) is 0 Å². The maximum Gasteiger partial charge on any atom is 0.260 e. The van der Waals surface area contributed by atoms with Gasteiger partial charge >= 0.3 is 0 Å². The Bertz CT molecular complexity index is 833. The molecule has 5 nitrogen and oxygen atoms in total. The fourth-order valence-electron chi connectivity index (χ4n) is 3.72. The molecule has 1 N–H and O–H groups in total. The lowest BCUT2D eigenvalue weighted by Gasteiger charge is -2.32. The van der Waals surface area contributed by atoms with Gasteiger partial charge in [-0.15, -0.1) is 0 Å². The fraction of sp³-hybridized carbons (Fsp3) is 0.435. The van der Waals surface area contributed by atoms with E-state index in [1.807, 2.05) is 29.2 Å². The second-order valence-electron chi connectivity index (χ2n) is 7.74. The molecule has 0 aliphatic carbocycles. The summed E-state index contributed by atoms with van der Waals surface area (Å²) in [6, 6.07) is 12.5. The van der Waals surface area contributed by atoms with Crippen LogP contribution in [0.5, 0.6) is 11.5 Å². The summed E-state index contributed by atoms with van der Waals surface area (Å²) in [6.45, 7) is 7.92. The summed E-state index contributed by atoms with van der Waals surface area (Å²) in [5, 5.41) is 0. The van der Waals surface area contributed by atoms with Crippen molar-refractivity contribution in [2.75, 3.05) is 39.9 Å². The van der Waals surface area contributed by atoms with E-state index in [1.165, 1.54) is 17.0 Å². The fourth-order valence-corrected chi connectivity index (χ4v) is 3.72. The van der Waals surface area contributed by atoms with Crippen LogP contribution in [0.15, 0.2) is 42.5 Å². The van der Waals surface area contributed by atoms with Gasteiger partial charge in [0.1, 0.15) is 23.9 Å². The van der Waals surface area contributed by atoms with Gasteiger partial charge in [-0.05, 0) is 35.7 Å². The zero-order valence-electron chi connectivity index (χ0n) is 17.4. The average molecular weight is 402 g/mol. The molecule has 2 aromatic rings. The molecule has 0 aromatic heterocycles. The molecule has 0 radical (unpaired) electrons. The number of piperazine rings is 1. The Kier molecular flexibility index (Phi) is 7.09. The molecular formula is C23H30FN2O3+. The molecule has 0 bridgehead atoms. The number of carbonyl (C=O) groups excluding carboxylic acids is 1. The zero-order valence-corrected chi connectivity index (χ0v) is 17.4. The molecule has 0 saturated carbocycles. The van der Waals surface area contributed by atoms with Gasteiger partial charge in [0.25, 0.3) is 5.91 Å². The summed E-state index contributed by atoms with van der Waals surface area (Å²) in [7, 11) is 1.60. The summed E-state index contributed by atoms with van der Waals surface area (Å²) in [6.07, 6.45) is 0. The van der Waals surface area contributed by atoms with Crippen LogP contribution >= 0.6 is 0 Å². The van der Waals surface area contributed by atoms with E-state index < -0.39 is 0 Å². The number of carbonyl (C=O) groups is 1. The van der Waals surface area contributed by atoms with Gasteiger partial charge in [0.2, 0.25) is 0 Å². The number of quaternary nitrogens is 1. The van der Waals surface area contributed by atoms with Crippen molar-refractivity contribution in [1.29, 1.82) is 0 Å². The summed E-state index contributed by atoms with van der Waals surface area (Å²) in [5.41, 5.74) is 1.97. The molecule has 0 unspecified atom stereocenters. The van der Waals surface area contributed by atoms with Gasteiger partial charge in [0.05, 0.1) is 38.9 Å². The molecule has 1 heterocycles. The van der Waals surface area contributed by atoms with Crippen molar-refractivity contribution in [1.82, 2.24) is 4.90 Å². The minimum atomic E-state index is -0.257. The highest BCUT2D eigenvalue weighted by Gasteiger charge is 2.25. The molecule has 6 heteroatoms. The lowest BCUT2D eigenvalue weighted by Crippen LogP contribution is -3.13. The quantitative estimate of drug-likeness (QED) is 0.774. The van der Waals surface area contributed by atoms with Crippen LogP contribution in [-0.2, 0) is 11.3 Å². The Morgan fingerprint density at radius 2 is 1.86 bits per heavy atom. The summed E-state index contributed by atoms with van der Waals surface area (Å²) >= 11 is 0. The second kappa shape index (κ2) is 9.74. The first-order valence-corrected chi connectivity index (χ1v) is 10.1. The van der Waals surface area contributed by atoms with E-state index in [1.54, 1.807) is 13.2 Å². The predicted octanol–water partition coefficient (Wildman–Crippen LogP) is 2.26.